The van der Waals surface area contributed by atoms with E-state index in [1.54, 1.807) is 24.3 Å². The summed E-state index contributed by atoms with van der Waals surface area (Å²) >= 11 is 1.30. The van der Waals surface area contributed by atoms with Crippen LogP contribution in [0.25, 0.3) is 0 Å². The molecule has 3 rings (SSSR count). The Bertz CT molecular complexity index is 931. The van der Waals surface area contributed by atoms with Crippen molar-refractivity contribution in [3.05, 3.63) is 46.3 Å². The lowest BCUT2D eigenvalue weighted by atomic mass is 10.0. The predicted octanol–water partition coefficient (Wildman–Crippen LogP) is 4.10. The van der Waals surface area contributed by atoms with Gasteiger partial charge in [-0.2, -0.15) is 0 Å². The number of ether oxygens (including phenoxy) is 2. The summed E-state index contributed by atoms with van der Waals surface area (Å²) in [6.07, 6.45) is 1.82. The minimum atomic E-state index is -0.472. The van der Waals surface area contributed by atoms with Gasteiger partial charge in [-0.15, -0.1) is 11.3 Å². The number of esters is 1. The summed E-state index contributed by atoms with van der Waals surface area (Å²) in [5, 5.41) is 7.93. The molecule has 2 heterocycles. The van der Waals surface area contributed by atoms with Gasteiger partial charge in [0.05, 0.1) is 12.7 Å². The zero-order chi connectivity index (χ0) is 21.7. The maximum Gasteiger partial charge on any atom is 0.341 e. The SMILES string of the molecule is COC(=O)c1c(CC(C)C)csc1NC(=O)c1cccc(NC(=O)C2CCCO2)c1. The summed E-state index contributed by atoms with van der Waals surface area (Å²) in [4.78, 5) is 37.3. The van der Waals surface area contributed by atoms with Crippen molar-refractivity contribution >= 4 is 39.8 Å². The van der Waals surface area contributed by atoms with Gasteiger partial charge in [0.15, 0.2) is 0 Å². The molecule has 1 unspecified atom stereocenters. The second kappa shape index (κ2) is 9.86. The van der Waals surface area contributed by atoms with Gasteiger partial charge in [-0.1, -0.05) is 19.9 Å². The Labute approximate surface area is 179 Å². The van der Waals surface area contributed by atoms with Crippen LogP contribution >= 0.6 is 11.3 Å². The molecule has 30 heavy (non-hydrogen) atoms. The summed E-state index contributed by atoms with van der Waals surface area (Å²) in [5.41, 5.74) is 2.14. The second-order valence-electron chi connectivity index (χ2n) is 7.58. The highest BCUT2D eigenvalue weighted by Crippen LogP contribution is 2.31. The van der Waals surface area contributed by atoms with Gasteiger partial charge in [-0.25, -0.2) is 4.79 Å². The third kappa shape index (κ3) is 5.25. The van der Waals surface area contributed by atoms with Crippen molar-refractivity contribution < 1.29 is 23.9 Å². The number of methoxy groups -OCH3 is 1. The van der Waals surface area contributed by atoms with E-state index in [0.29, 0.717) is 47.2 Å². The van der Waals surface area contributed by atoms with Crippen molar-refractivity contribution in [1.82, 2.24) is 0 Å². The monoisotopic (exact) mass is 430 g/mol. The summed E-state index contributed by atoms with van der Waals surface area (Å²) in [7, 11) is 1.32. The molecular weight excluding hydrogens is 404 g/mol. The van der Waals surface area contributed by atoms with Gasteiger partial charge in [-0.05, 0) is 54.3 Å². The topological polar surface area (TPSA) is 93.7 Å². The number of hydrogen-bond acceptors (Lipinski definition) is 6. The highest BCUT2D eigenvalue weighted by atomic mass is 32.1. The number of rotatable bonds is 7. The van der Waals surface area contributed by atoms with Crippen molar-refractivity contribution in [1.29, 1.82) is 0 Å². The highest BCUT2D eigenvalue weighted by Gasteiger charge is 2.24. The van der Waals surface area contributed by atoms with Crippen molar-refractivity contribution in [3.63, 3.8) is 0 Å². The number of thiophene rings is 1. The first-order valence-electron chi connectivity index (χ1n) is 9.91. The minimum absolute atomic E-state index is 0.213. The molecule has 7 nitrogen and oxygen atoms in total. The van der Waals surface area contributed by atoms with E-state index in [-0.39, 0.29) is 11.8 Å². The molecule has 2 N–H and O–H groups in total. The molecule has 1 aromatic carbocycles. The number of hydrogen-bond donors (Lipinski definition) is 2. The average molecular weight is 431 g/mol. The first-order chi connectivity index (χ1) is 14.4. The molecule has 0 aliphatic carbocycles. The Hall–Kier alpha value is -2.71. The van der Waals surface area contributed by atoms with Crippen LogP contribution in [0.4, 0.5) is 10.7 Å². The molecule has 2 aromatic rings. The molecule has 0 radical (unpaired) electrons. The van der Waals surface area contributed by atoms with E-state index in [0.717, 1.165) is 12.0 Å². The van der Waals surface area contributed by atoms with Gasteiger partial charge in [0.1, 0.15) is 11.1 Å². The Morgan fingerprint density at radius 2 is 2.07 bits per heavy atom. The molecule has 1 saturated heterocycles. The van der Waals surface area contributed by atoms with Gasteiger partial charge in [0.25, 0.3) is 11.8 Å². The van der Waals surface area contributed by atoms with Crippen molar-refractivity contribution in [3.8, 4) is 0 Å². The first-order valence-corrected chi connectivity index (χ1v) is 10.8. The molecule has 2 amide bonds. The summed E-state index contributed by atoms with van der Waals surface area (Å²) in [6, 6.07) is 6.66. The van der Waals surface area contributed by atoms with Crippen molar-refractivity contribution in [2.45, 2.75) is 39.2 Å². The fraction of sp³-hybridized carbons (Fsp3) is 0.409. The van der Waals surface area contributed by atoms with Crippen LogP contribution < -0.4 is 10.6 Å². The van der Waals surface area contributed by atoms with E-state index in [9.17, 15) is 14.4 Å². The van der Waals surface area contributed by atoms with Crippen LogP contribution in [0.15, 0.2) is 29.6 Å². The van der Waals surface area contributed by atoms with Crippen LogP contribution in [0.2, 0.25) is 0 Å². The smallest absolute Gasteiger partial charge is 0.341 e. The van der Waals surface area contributed by atoms with Crippen LogP contribution in [0, 0.1) is 5.92 Å². The van der Waals surface area contributed by atoms with Crippen LogP contribution in [-0.2, 0) is 20.7 Å². The standard InChI is InChI=1S/C22H26N2O5S/c1-13(2)10-15-12-30-21(18(15)22(27)28-3)24-19(25)14-6-4-7-16(11-14)23-20(26)17-8-5-9-29-17/h4,6-7,11-13,17H,5,8-10H2,1-3H3,(H,23,26)(H,24,25). The molecule has 1 fully saturated rings. The molecule has 160 valence electrons. The van der Waals surface area contributed by atoms with Gasteiger partial charge < -0.3 is 20.1 Å². The lowest BCUT2D eigenvalue weighted by molar-refractivity contribution is -0.124. The van der Waals surface area contributed by atoms with Crippen LogP contribution in [0.3, 0.4) is 0 Å². The molecule has 1 aromatic heterocycles. The Morgan fingerprint density at radius 1 is 1.27 bits per heavy atom. The first kappa shape index (κ1) is 22.0. The lowest BCUT2D eigenvalue weighted by Crippen LogP contribution is -2.27. The number of anilines is 2. The van der Waals surface area contributed by atoms with Gasteiger partial charge in [0.2, 0.25) is 0 Å². The second-order valence-corrected chi connectivity index (χ2v) is 8.46. The Kier molecular flexibility index (Phi) is 7.23. The molecule has 0 bridgehead atoms. The van der Waals surface area contributed by atoms with Crippen LogP contribution in [0.5, 0.6) is 0 Å². The fourth-order valence-electron chi connectivity index (χ4n) is 3.32. The normalized spacial score (nSPS) is 15.8. The summed E-state index contributed by atoms with van der Waals surface area (Å²) in [6.45, 7) is 4.71. The predicted molar refractivity (Wildman–Crippen MR) is 116 cm³/mol. The van der Waals surface area contributed by atoms with E-state index in [4.69, 9.17) is 9.47 Å². The van der Waals surface area contributed by atoms with E-state index in [1.807, 2.05) is 5.38 Å². The van der Waals surface area contributed by atoms with Crippen molar-refractivity contribution in [2.24, 2.45) is 5.92 Å². The highest BCUT2D eigenvalue weighted by molar-refractivity contribution is 7.15. The fourth-order valence-corrected chi connectivity index (χ4v) is 4.28. The van der Waals surface area contributed by atoms with E-state index in [2.05, 4.69) is 24.5 Å². The van der Waals surface area contributed by atoms with E-state index < -0.39 is 12.1 Å². The number of carbonyl (C=O) groups excluding carboxylic acids is 3. The zero-order valence-corrected chi connectivity index (χ0v) is 18.1. The quantitative estimate of drug-likeness (QED) is 0.645. The third-order valence-electron chi connectivity index (χ3n) is 4.73. The molecule has 8 heteroatoms. The van der Waals surface area contributed by atoms with E-state index >= 15 is 0 Å². The maximum atomic E-state index is 12.8. The lowest BCUT2D eigenvalue weighted by Gasteiger charge is -2.12. The average Bonchev–Trinajstić information content (AvgIpc) is 3.38. The molecular formula is C22H26N2O5S. The van der Waals surface area contributed by atoms with Gasteiger partial charge in [-0.3, -0.25) is 9.59 Å². The Morgan fingerprint density at radius 3 is 2.73 bits per heavy atom. The van der Waals surface area contributed by atoms with E-state index in [1.165, 1.54) is 18.4 Å². The van der Waals surface area contributed by atoms with Crippen molar-refractivity contribution in [2.75, 3.05) is 24.4 Å². The summed E-state index contributed by atoms with van der Waals surface area (Å²) in [5.74, 6) is -0.698. The number of nitrogens with one attached hydrogen (secondary N) is 2. The molecule has 0 spiro atoms. The number of carbonyl (C=O) groups is 3. The molecule has 0 saturated carbocycles. The maximum absolute atomic E-state index is 12.8. The minimum Gasteiger partial charge on any atom is -0.465 e. The third-order valence-corrected chi connectivity index (χ3v) is 5.67. The number of benzene rings is 1. The zero-order valence-electron chi connectivity index (χ0n) is 17.3. The molecule has 1 aliphatic heterocycles. The van der Waals surface area contributed by atoms with Crippen LogP contribution in [-0.4, -0.2) is 37.6 Å². The van der Waals surface area contributed by atoms with Gasteiger partial charge in [0, 0.05) is 17.9 Å². The molecule has 1 atom stereocenters. The Balaban J connectivity index is 1.75. The largest absolute Gasteiger partial charge is 0.465 e. The number of amides is 2. The summed E-state index contributed by atoms with van der Waals surface area (Å²) < 4.78 is 10.3. The van der Waals surface area contributed by atoms with Gasteiger partial charge >= 0.3 is 5.97 Å². The van der Waals surface area contributed by atoms with Crippen LogP contribution in [0.1, 0.15) is 53.0 Å². The molecule has 1 aliphatic rings.